The van der Waals surface area contributed by atoms with Gasteiger partial charge in [-0.2, -0.15) is 0 Å². The summed E-state index contributed by atoms with van der Waals surface area (Å²) in [6.45, 7) is 0. The van der Waals surface area contributed by atoms with E-state index in [1.54, 1.807) is 6.08 Å². The van der Waals surface area contributed by atoms with E-state index in [1.807, 2.05) is 0 Å². The van der Waals surface area contributed by atoms with Gasteiger partial charge in [0.05, 0.1) is 0 Å². The molecule has 88 valence electrons. The molecule has 17 heavy (non-hydrogen) atoms. The third-order valence-electron chi connectivity index (χ3n) is 2.03. The molecule has 0 amide bonds. The summed E-state index contributed by atoms with van der Waals surface area (Å²) in [5.74, 6) is -1.31. The van der Waals surface area contributed by atoms with Gasteiger partial charge in [-0.05, 0) is 23.8 Å². The summed E-state index contributed by atoms with van der Waals surface area (Å²) in [6.07, 6.45) is 1.66. The molecule has 0 aliphatic carbocycles. The van der Waals surface area contributed by atoms with Crippen LogP contribution in [-0.4, -0.2) is 24.6 Å². The van der Waals surface area contributed by atoms with Crippen molar-refractivity contribution in [3.8, 4) is 17.2 Å². The maximum atomic E-state index is 9.35. The van der Waals surface area contributed by atoms with Gasteiger partial charge >= 0.3 is 0 Å². The average molecular weight is 285 g/mol. The number of hydrogen-bond donors (Lipinski definition) is 4. The highest BCUT2D eigenvalue weighted by atomic mass is 32.2. The van der Waals surface area contributed by atoms with Crippen molar-refractivity contribution in [1.29, 1.82) is 0 Å². The highest BCUT2D eigenvalue weighted by Crippen LogP contribution is 2.37. The Morgan fingerprint density at radius 1 is 1.12 bits per heavy atom. The van der Waals surface area contributed by atoms with Crippen molar-refractivity contribution in [1.82, 2.24) is 5.32 Å². The molecule has 0 unspecified atom stereocenters. The Bertz CT molecular complexity index is 531. The molecule has 0 aromatic heterocycles. The van der Waals surface area contributed by atoms with E-state index in [-0.39, 0.29) is 11.5 Å². The van der Waals surface area contributed by atoms with E-state index >= 15 is 0 Å². The standard InChI is InChI=1S/C10H7NO3S3/c12-5-1-4(2-6(13)8(5)14)3-7-9(15)11-10(16)17-7/h1-3,12-14H,(H,11,15,16). The predicted octanol–water partition coefficient (Wildman–Crippen LogP) is 2.09. The Balaban J connectivity index is 2.40. The normalized spacial score (nSPS) is 17.5. The van der Waals surface area contributed by atoms with Gasteiger partial charge in [0.2, 0.25) is 0 Å². The van der Waals surface area contributed by atoms with Crippen LogP contribution in [0.2, 0.25) is 0 Å². The highest BCUT2D eigenvalue weighted by molar-refractivity contribution is 8.27. The molecule has 4 N–H and O–H groups in total. The summed E-state index contributed by atoms with van der Waals surface area (Å²) in [4.78, 5) is 1.24. The molecule has 2 rings (SSSR count). The van der Waals surface area contributed by atoms with E-state index in [0.29, 0.717) is 14.9 Å². The quantitative estimate of drug-likeness (QED) is 0.358. The summed E-state index contributed by atoms with van der Waals surface area (Å²) in [5, 5.41) is 30.7. The van der Waals surface area contributed by atoms with Crippen LogP contribution in [0, 0.1) is 0 Å². The second-order valence-electron chi connectivity index (χ2n) is 3.26. The van der Waals surface area contributed by atoms with Crippen LogP contribution in [-0.2, 0) is 0 Å². The molecule has 7 heteroatoms. The van der Waals surface area contributed by atoms with Gasteiger partial charge in [-0.3, -0.25) is 0 Å². The van der Waals surface area contributed by atoms with Gasteiger partial charge < -0.3 is 20.6 Å². The van der Waals surface area contributed by atoms with Gasteiger partial charge in [0, 0.05) is 4.91 Å². The molecular weight excluding hydrogens is 278 g/mol. The van der Waals surface area contributed by atoms with E-state index in [9.17, 15) is 15.3 Å². The second kappa shape index (κ2) is 4.52. The van der Waals surface area contributed by atoms with Crippen molar-refractivity contribution in [2.24, 2.45) is 0 Å². The fourth-order valence-corrected chi connectivity index (χ4v) is 2.76. The molecule has 0 saturated carbocycles. The first-order valence-electron chi connectivity index (χ1n) is 4.47. The number of phenols is 3. The lowest BCUT2D eigenvalue weighted by Gasteiger charge is -2.03. The van der Waals surface area contributed by atoms with Crippen molar-refractivity contribution in [3.63, 3.8) is 0 Å². The van der Waals surface area contributed by atoms with Crippen LogP contribution >= 0.6 is 36.2 Å². The molecule has 1 heterocycles. The van der Waals surface area contributed by atoms with Gasteiger partial charge in [0.15, 0.2) is 17.2 Å². The largest absolute Gasteiger partial charge is 0.504 e. The van der Waals surface area contributed by atoms with E-state index in [1.165, 1.54) is 23.9 Å². The minimum Gasteiger partial charge on any atom is -0.504 e. The Morgan fingerprint density at radius 2 is 1.71 bits per heavy atom. The Labute approximate surface area is 112 Å². The second-order valence-corrected chi connectivity index (χ2v) is 5.39. The Kier molecular flexibility index (Phi) is 3.23. The monoisotopic (exact) mass is 285 g/mol. The highest BCUT2D eigenvalue weighted by Gasteiger charge is 2.18. The van der Waals surface area contributed by atoms with Crippen LogP contribution in [0.15, 0.2) is 17.0 Å². The summed E-state index contributed by atoms with van der Waals surface area (Å²) in [5.41, 5.74) is 0.522. The van der Waals surface area contributed by atoms with Gasteiger partial charge in [-0.1, -0.05) is 36.2 Å². The number of nitrogens with one attached hydrogen (secondary N) is 1. The molecule has 1 aliphatic heterocycles. The fraction of sp³-hybridized carbons (Fsp3) is 0. The lowest BCUT2D eigenvalue weighted by molar-refractivity contribution is 0.368. The van der Waals surface area contributed by atoms with Gasteiger partial charge in [-0.25, -0.2) is 0 Å². The zero-order valence-electron chi connectivity index (χ0n) is 8.30. The predicted molar refractivity (Wildman–Crippen MR) is 75.3 cm³/mol. The van der Waals surface area contributed by atoms with Crippen LogP contribution in [0.5, 0.6) is 17.2 Å². The first-order valence-corrected chi connectivity index (χ1v) is 6.10. The maximum Gasteiger partial charge on any atom is 0.200 e. The van der Waals surface area contributed by atoms with Crippen LogP contribution in [0.3, 0.4) is 0 Å². The molecule has 1 aliphatic rings. The van der Waals surface area contributed by atoms with Crippen LogP contribution in [0.25, 0.3) is 6.08 Å². The van der Waals surface area contributed by atoms with Crippen molar-refractivity contribution >= 4 is 51.6 Å². The van der Waals surface area contributed by atoms with Gasteiger partial charge in [0.25, 0.3) is 0 Å². The average Bonchev–Trinajstić information content (AvgIpc) is 2.54. The zero-order chi connectivity index (χ0) is 12.6. The minimum absolute atomic E-state index is 0.388. The lowest BCUT2D eigenvalue weighted by Crippen LogP contribution is -2.15. The third-order valence-corrected chi connectivity index (χ3v) is 3.66. The van der Waals surface area contributed by atoms with Crippen molar-refractivity contribution < 1.29 is 15.3 Å². The molecule has 0 spiro atoms. The fourth-order valence-electron chi connectivity index (χ4n) is 1.28. The smallest absolute Gasteiger partial charge is 0.200 e. The number of rotatable bonds is 1. The number of aromatic hydroxyl groups is 3. The molecule has 0 atom stereocenters. The van der Waals surface area contributed by atoms with E-state index in [4.69, 9.17) is 24.4 Å². The van der Waals surface area contributed by atoms with Gasteiger partial charge in [-0.15, -0.1) is 0 Å². The van der Waals surface area contributed by atoms with Crippen molar-refractivity contribution in [3.05, 3.63) is 22.6 Å². The Morgan fingerprint density at radius 3 is 2.18 bits per heavy atom. The molecular formula is C10H7NO3S3. The minimum atomic E-state index is -0.539. The SMILES string of the molecule is Oc1cc(C=C2SC(=S)NC2=S)cc(O)c1O. The topological polar surface area (TPSA) is 72.7 Å². The molecule has 1 fully saturated rings. The van der Waals surface area contributed by atoms with E-state index in [2.05, 4.69) is 5.32 Å². The number of thioether (sulfide) groups is 1. The molecule has 1 aromatic rings. The summed E-state index contributed by atoms with van der Waals surface area (Å²) >= 11 is 11.3. The first kappa shape index (κ1) is 12.2. The molecule has 1 saturated heterocycles. The van der Waals surface area contributed by atoms with Crippen LogP contribution in [0.4, 0.5) is 0 Å². The van der Waals surface area contributed by atoms with E-state index < -0.39 is 5.75 Å². The molecule has 0 bridgehead atoms. The molecule has 0 radical (unpaired) electrons. The van der Waals surface area contributed by atoms with Gasteiger partial charge in [0.1, 0.15) is 9.31 Å². The zero-order valence-corrected chi connectivity index (χ0v) is 10.7. The third kappa shape index (κ3) is 2.51. The summed E-state index contributed by atoms with van der Waals surface area (Å²) in [7, 11) is 0. The van der Waals surface area contributed by atoms with Crippen LogP contribution < -0.4 is 5.32 Å². The lowest BCUT2D eigenvalue weighted by atomic mass is 10.1. The van der Waals surface area contributed by atoms with Crippen molar-refractivity contribution in [2.45, 2.75) is 0 Å². The van der Waals surface area contributed by atoms with Crippen LogP contribution in [0.1, 0.15) is 5.56 Å². The maximum absolute atomic E-state index is 9.35. The Hall–Kier alpha value is -1.31. The summed E-state index contributed by atoms with van der Waals surface area (Å²) in [6, 6.07) is 2.65. The first-order chi connectivity index (χ1) is 7.97. The molecule has 1 aromatic carbocycles. The number of benzene rings is 1. The van der Waals surface area contributed by atoms with Crippen molar-refractivity contribution in [2.75, 3.05) is 0 Å². The summed E-state index contributed by atoms with van der Waals surface area (Å²) < 4.78 is 0.563. The van der Waals surface area contributed by atoms with E-state index in [0.717, 1.165) is 4.91 Å². The molecule has 4 nitrogen and oxygen atoms in total. The number of hydrogen-bond acceptors (Lipinski definition) is 6. The number of thiocarbonyl (C=S) groups is 2. The number of phenolic OH excluding ortho intramolecular Hbond substituents is 3.